The molecule has 0 fully saturated rings. The Labute approximate surface area is 109 Å². The van der Waals surface area contributed by atoms with Crippen molar-refractivity contribution in [2.45, 2.75) is 26.4 Å². The summed E-state index contributed by atoms with van der Waals surface area (Å²) in [5.41, 5.74) is 0.403. The molecule has 4 nitrogen and oxygen atoms in total. The Hall–Kier alpha value is -1.46. The van der Waals surface area contributed by atoms with E-state index in [1.165, 1.54) is 6.07 Å². The van der Waals surface area contributed by atoms with E-state index >= 15 is 0 Å². The third-order valence-electron chi connectivity index (χ3n) is 2.32. The minimum absolute atomic E-state index is 0.00970. The highest BCUT2D eigenvalue weighted by molar-refractivity contribution is 6.33. The molecule has 2 aromatic rings. The van der Waals surface area contributed by atoms with Gasteiger partial charge in [0.2, 0.25) is 0 Å². The Morgan fingerprint density at radius 3 is 2.94 bits per heavy atom. The normalized spacial score (nSPS) is 11.2. The van der Waals surface area contributed by atoms with Gasteiger partial charge in [-0.3, -0.25) is 0 Å². The first kappa shape index (κ1) is 13.0. The van der Waals surface area contributed by atoms with Crippen LogP contribution in [0.2, 0.25) is 5.02 Å². The van der Waals surface area contributed by atoms with Crippen LogP contribution < -0.4 is 5.32 Å². The summed E-state index contributed by atoms with van der Waals surface area (Å²) in [5.74, 6) is 0.230. The first-order valence-corrected chi connectivity index (χ1v) is 5.96. The first-order chi connectivity index (χ1) is 8.58. The van der Waals surface area contributed by atoms with E-state index in [2.05, 4.69) is 15.5 Å². The van der Waals surface area contributed by atoms with Gasteiger partial charge in [0.15, 0.2) is 5.82 Å². The fraction of sp³-hybridized carbons (Fsp3) is 0.333. The quantitative estimate of drug-likeness (QED) is 0.927. The minimum Gasteiger partial charge on any atom is -0.334 e. The van der Waals surface area contributed by atoms with E-state index in [-0.39, 0.29) is 10.9 Å². The highest BCUT2D eigenvalue weighted by Crippen LogP contribution is 2.28. The second-order valence-electron chi connectivity index (χ2n) is 4.15. The molecule has 1 aromatic carbocycles. The van der Waals surface area contributed by atoms with Crippen LogP contribution in [0.5, 0.6) is 0 Å². The summed E-state index contributed by atoms with van der Waals surface area (Å²) in [7, 11) is 0. The minimum atomic E-state index is -0.505. The maximum absolute atomic E-state index is 13.3. The van der Waals surface area contributed by atoms with Gasteiger partial charge in [-0.15, -0.1) is 0 Å². The van der Waals surface area contributed by atoms with Crippen molar-refractivity contribution in [2.75, 3.05) is 0 Å². The molecule has 6 heteroatoms. The van der Waals surface area contributed by atoms with Gasteiger partial charge in [-0.05, 0) is 12.1 Å². The van der Waals surface area contributed by atoms with Crippen molar-refractivity contribution in [3.63, 3.8) is 0 Å². The summed E-state index contributed by atoms with van der Waals surface area (Å²) >= 11 is 5.85. The average molecular weight is 270 g/mol. The highest BCUT2D eigenvalue weighted by atomic mass is 35.5. The van der Waals surface area contributed by atoms with E-state index in [0.29, 0.717) is 24.0 Å². The number of benzene rings is 1. The second kappa shape index (κ2) is 5.46. The summed E-state index contributed by atoms with van der Waals surface area (Å²) in [6.45, 7) is 4.53. The van der Waals surface area contributed by atoms with Gasteiger partial charge in [0, 0.05) is 6.04 Å². The average Bonchev–Trinajstić information content (AvgIpc) is 2.78. The summed E-state index contributed by atoms with van der Waals surface area (Å²) in [5, 5.41) is 6.96. The first-order valence-electron chi connectivity index (χ1n) is 5.58. The lowest BCUT2D eigenvalue weighted by Gasteiger charge is -2.03. The van der Waals surface area contributed by atoms with E-state index in [1.54, 1.807) is 12.1 Å². The van der Waals surface area contributed by atoms with Gasteiger partial charge in [-0.25, -0.2) is 4.39 Å². The van der Waals surface area contributed by atoms with E-state index < -0.39 is 5.82 Å². The maximum Gasteiger partial charge on any atom is 0.259 e. The van der Waals surface area contributed by atoms with E-state index in [9.17, 15) is 4.39 Å². The van der Waals surface area contributed by atoms with Crippen LogP contribution in [0.3, 0.4) is 0 Å². The fourth-order valence-corrected chi connectivity index (χ4v) is 1.61. The lowest BCUT2D eigenvalue weighted by atomic mass is 10.2. The zero-order valence-corrected chi connectivity index (χ0v) is 10.8. The Kier molecular flexibility index (Phi) is 3.93. The summed E-state index contributed by atoms with van der Waals surface area (Å²) < 4.78 is 18.4. The number of hydrogen-bond donors (Lipinski definition) is 1. The highest BCUT2D eigenvalue weighted by Gasteiger charge is 2.14. The van der Waals surface area contributed by atoms with Gasteiger partial charge in [0.25, 0.3) is 5.89 Å². The smallest absolute Gasteiger partial charge is 0.259 e. The number of nitrogens with zero attached hydrogens (tertiary/aromatic N) is 2. The molecular formula is C12H13ClFN3O. The van der Waals surface area contributed by atoms with Crippen LogP contribution in [0.1, 0.15) is 19.7 Å². The Balaban J connectivity index is 2.21. The molecule has 0 aliphatic carbocycles. The van der Waals surface area contributed by atoms with Crippen molar-refractivity contribution >= 4 is 11.6 Å². The second-order valence-corrected chi connectivity index (χ2v) is 4.53. The molecule has 1 heterocycles. The van der Waals surface area contributed by atoms with Crippen molar-refractivity contribution in [3.05, 3.63) is 34.9 Å². The predicted molar refractivity (Wildman–Crippen MR) is 66.7 cm³/mol. The molecule has 0 aliphatic heterocycles. The van der Waals surface area contributed by atoms with Crippen LogP contribution in [-0.2, 0) is 6.54 Å². The van der Waals surface area contributed by atoms with Gasteiger partial charge in [-0.1, -0.05) is 36.7 Å². The molecule has 0 radical (unpaired) electrons. The molecule has 96 valence electrons. The largest absolute Gasteiger partial charge is 0.334 e. The number of nitrogens with one attached hydrogen (secondary N) is 1. The number of rotatable bonds is 4. The molecule has 1 N–H and O–H groups in total. The fourth-order valence-electron chi connectivity index (χ4n) is 1.40. The maximum atomic E-state index is 13.3. The van der Waals surface area contributed by atoms with E-state index in [1.807, 2.05) is 13.8 Å². The molecule has 0 saturated carbocycles. The van der Waals surface area contributed by atoms with Crippen LogP contribution >= 0.6 is 11.6 Å². The van der Waals surface area contributed by atoms with Crippen LogP contribution in [0.25, 0.3) is 11.5 Å². The van der Waals surface area contributed by atoms with Crippen molar-refractivity contribution < 1.29 is 8.91 Å². The molecule has 0 unspecified atom stereocenters. The van der Waals surface area contributed by atoms with Crippen molar-refractivity contribution in [3.8, 4) is 11.5 Å². The molecule has 2 rings (SSSR count). The van der Waals surface area contributed by atoms with Crippen LogP contribution in [0.15, 0.2) is 22.7 Å². The summed E-state index contributed by atoms with van der Waals surface area (Å²) in [6, 6.07) is 4.79. The third kappa shape index (κ3) is 2.86. The van der Waals surface area contributed by atoms with Crippen molar-refractivity contribution in [2.24, 2.45) is 0 Å². The van der Waals surface area contributed by atoms with Gasteiger partial charge >= 0.3 is 0 Å². The van der Waals surface area contributed by atoms with E-state index in [0.717, 1.165) is 0 Å². The number of hydrogen-bond acceptors (Lipinski definition) is 4. The summed E-state index contributed by atoms with van der Waals surface area (Å²) in [4.78, 5) is 4.16. The van der Waals surface area contributed by atoms with E-state index in [4.69, 9.17) is 16.1 Å². The summed E-state index contributed by atoms with van der Waals surface area (Å²) in [6.07, 6.45) is 0. The number of halogens is 2. The standard InChI is InChI=1S/C12H13ClFN3O/c1-7(2)15-6-10-16-12(18-17-10)8-4-3-5-9(14)11(8)13/h3-5,7,15H,6H2,1-2H3. The predicted octanol–water partition coefficient (Wildman–Crippen LogP) is 3.03. The van der Waals surface area contributed by atoms with Crippen LogP contribution in [0.4, 0.5) is 4.39 Å². The van der Waals surface area contributed by atoms with Crippen molar-refractivity contribution in [1.29, 1.82) is 0 Å². The van der Waals surface area contributed by atoms with Crippen LogP contribution in [-0.4, -0.2) is 16.2 Å². The van der Waals surface area contributed by atoms with Gasteiger partial charge in [0.1, 0.15) is 5.82 Å². The topological polar surface area (TPSA) is 51.0 Å². The molecule has 18 heavy (non-hydrogen) atoms. The molecule has 0 aliphatic rings. The SMILES string of the molecule is CC(C)NCc1noc(-c2cccc(F)c2Cl)n1. The molecular weight excluding hydrogens is 257 g/mol. The molecule has 0 bridgehead atoms. The molecule has 1 aromatic heterocycles. The zero-order valence-electron chi connectivity index (χ0n) is 10.1. The lowest BCUT2D eigenvalue weighted by molar-refractivity contribution is 0.417. The monoisotopic (exact) mass is 269 g/mol. The molecule has 0 spiro atoms. The Bertz CT molecular complexity index is 542. The van der Waals surface area contributed by atoms with Gasteiger partial charge in [0.05, 0.1) is 17.1 Å². The molecule has 0 atom stereocenters. The zero-order chi connectivity index (χ0) is 13.1. The Morgan fingerprint density at radius 1 is 1.44 bits per heavy atom. The van der Waals surface area contributed by atoms with Gasteiger partial charge < -0.3 is 9.84 Å². The van der Waals surface area contributed by atoms with Crippen LogP contribution in [0, 0.1) is 5.82 Å². The lowest BCUT2D eigenvalue weighted by Crippen LogP contribution is -2.22. The van der Waals surface area contributed by atoms with Crippen molar-refractivity contribution in [1.82, 2.24) is 15.5 Å². The number of aromatic nitrogens is 2. The molecule has 0 saturated heterocycles. The van der Waals surface area contributed by atoms with Gasteiger partial charge in [-0.2, -0.15) is 4.98 Å². The molecule has 0 amide bonds. The Morgan fingerprint density at radius 2 is 2.22 bits per heavy atom. The third-order valence-corrected chi connectivity index (χ3v) is 2.70.